The van der Waals surface area contributed by atoms with E-state index in [1.54, 1.807) is 11.8 Å². The van der Waals surface area contributed by atoms with Gasteiger partial charge < -0.3 is 10.7 Å². The number of imidazole rings is 1. The topological polar surface area (TPSA) is 67.6 Å². The lowest BCUT2D eigenvalue weighted by Gasteiger charge is -1.93. The first kappa shape index (κ1) is 11.7. The van der Waals surface area contributed by atoms with Gasteiger partial charge in [0.1, 0.15) is 0 Å². The molecule has 0 bridgehead atoms. The van der Waals surface area contributed by atoms with Crippen molar-refractivity contribution in [2.45, 2.75) is 9.37 Å². The molecule has 4 rings (SSSR count). The molecule has 0 unspecified atom stereocenters. The van der Waals surface area contributed by atoms with Crippen LogP contribution < -0.4 is 5.73 Å². The number of nitrogens with zero attached hydrogens (tertiary/aromatic N) is 2. The van der Waals surface area contributed by atoms with E-state index < -0.39 is 0 Å². The lowest BCUT2D eigenvalue weighted by molar-refractivity contribution is 1.08. The molecule has 0 saturated carbocycles. The van der Waals surface area contributed by atoms with E-state index in [0.29, 0.717) is 0 Å². The molecule has 0 aliphatic rings. The summed E-state index contributed by atoms with van der Waals surface area (Å²) in [5.74, 6) is 0. The molecule has 2 aromatic carbocycles. The van der Waals surface area contributed by atoms with Gasteiger partial charge in [-0.15, -0.1) is 0 Å². The number of fused-ring (bicyclic) bond motifs is 2. The Hall–Kier alpha value is -2.05. The molecule has 0 spiro atoms. The number of hydrogen-bond acceptors (Lipinski definition) is 5. The first-order valence-corrected chi connectivity index (χ1v) is 7.66. The quantitative estimate of drug-likeness (QED) is 0.551. The highest BCUT2D eigenvalue weighted by Gasteiger charge is 2.10. The second kappa shape index (κ2) is 4.50. The molecule has 0 amide bonds. The summed E-state index contributed by atoms with van der Waals surface area (Å²) in [7, 11) is 0. The van der Waals surface area contributed by atoms with E-state index in [9.17, 15) is 0 Å². The third-order valence-electron chi connectivity index (χ3n) is 3.02. The van der Waals surface area contributed by atoms with Crippen molar-refractivity contribution in [3.8, 4) is 0 Å². The first-order chi connectivity index (χ1) is 9.79. The van der Waals surface area contributed by atoms with Gasteiger partial charge in [0.2, 0.25) is 0 Å². The molecular weight excluding hydrogens is 288 g/mol. The van der Waals surface area contributed by atoms with Crippen molar-refractivity contribution >= 4 is 50.9 Å². The van der Waals surface area contributed by atoms with Gasteiger partial charge in [-0.1, -0.05) is 18.2 Å². The maximum Gasteiger partial charge on any atom is 0.172 e. The number of benzene rings is 2. The second-order valence-corrected chi connectivity index (χ2v) is 6.44. The SMILES string of the molecule is Nc1ccc2nc(Sc3snc4ccccc34)[nH]c2c1. The van der Waals surface area contributed by atoms with Gasteiger partial charge in [-0.25, -0.2) is 4.98 Å². The normalized spacial score (nSPS) is 11.4. The fraction of sp³-hybridized carbons (Fsp3) is 0. The fourth-order valence-corrected chi connectivity index (χ4v) is 3.95. The molecule has 4 nitrogen and oxygen atoms in total. The Labute approximate surface area is 123 Å². The molecule has 2 heterocycles. The Morgan fingerprint density at radius 2 is 2.00 bits per heavy atom. The molecule has 98 valence electrons. The van der Waals surface area contributed by atoms with Crippen molar-refractivity contribution in [3.05, 3.63) is 42.5 Å². The van der Waals surface area contributed by atoms with Crippen LogP contribution in [-0.2, 0) is 0 Å². The fourth-order valence-electron chi connectivity index (χ4n) is 2.08. The highest BCUT2D eigenvalue weighted by molar-refractivity contribution is 8.01. The van der Waals surface area contributed by atoms with Gasteiger partial charge in [-0.05, 0) is 47.6 Å². The molecule has 0 fully saturated rings. The summed E-state index contributed by atoms with van der Waals surface area (Å²) in [4.78, 5) is 7.86. The van der Waals surface area contributed by atoms with Gasteiger partial charge in [-0.3, -0.25) is 0 Å². The van der Waals surface area contributed by atoms with Crippen LogP contribution in [0.3, 0.4) is 0 Å². The number of anilines is 1. The smallest absolute Gasteiger partial charge is 0.172 e. The van der Waals surface area contributed by atoms with Gasteiger partial charge in [0, 0.05) is 11.1 Å². The summed E-state index contributed by atoms with van der Waals surface area (Å²) < 4.78 is 5.59. The van der Waals surface area contributed by atoms with Crippen molar-refractivity contribution in [3.63, 3.8) is 0 Å². The number of nitrogens with one attached hydrogen (secondary N) is 1. The average molecular weight is 298 g/mol. The second-order valence-electron chi connectivity index (χ2n) is 4.41. The molecule has 0 saturated heterocycles. The maximum absolute atomic E-state index is 5.78. The van der Waals surface area contributed by atoms with E-state index in [2.05, 4.69) is 20.4 Å². The highest BCUT2D eigenvalue weighted by atomic mass is 32.2. The van der Waals surface area contributed by atoms with E-state index >= 15 is 0 Å². The molecule has 20 heavy (non-hydrogen) atoms. The molecule has 0 radical (unpaired) electrons. The van der Waals surface area contributed by atoms with E-state index in [1.807, 2.05) is 36.4 Å². The van der Waals surface area contributed by atoms with Crippen LogP contribution in [-0.4, -0.2) is 14.3 Å². The summed E-state index contributed by atoms with van der Waals surface area (Å²) in [5.41, 5.74) is 9.43. The highest BCUT2D eigenvalue weighted by Crippen LogP contribution is 2.36. The number of rotatable bonds is 2. The van der Waals surface area contributed by atoms with Crippen LogP contribution in [0.15, 0.2) is 51.8 Å². The molecule has 6 heteroatoms. The van der Waals surface area contributed by atoms with E-state index in [1.165, 1.54) is 16.9 Å². The summed E-state index contributed by atoms with van der Waals surface area (Å²) in [6.45, 7) is 0. The molecular formula is C14H10N4S2. The van der Waals surface area contributed by atoms with E-state index in [-0.39, 0.29) is 0 Å². The van der Waals surface area contributed by atoms with Crippen LogP contribution in [0.4, 0.5) is 5.69 Å². The zero-order valence-electron chi connectivity index (χ0n) is 10.3. The van der Waals surface area contributed by atoms with Crippen LogP contribution in [0.2, 0.25) is 0 Å². The van der Waals surface area contributed by atoms with Gasteiger partial charge in [0.25, 0.3) is 0 Å². The van der Waals surface area contributed by atoms with Crippen molar-refractivity contribution in [1.82, 2.24) is 14.3 Å². The van der Waals surface area contributed by atoms with Crippen molar-refractivity contribution in [1.29, 1.82) is 0 Å². The number of aromatic amines is 1. The summed E-state index contributed by atoms with van der Waals surface area (Å²) in [6, 6.07) is 13.8. The van der Waals surface area contributed by atoms with Gasteiger partial charge >= 0.3 is 0 Å². The number of aromatic nitrogens is 3. The minimum absolute atomic E-state index is 0.737. The minimum Gasteiger partial charge on any atom is -0.399 e. The molecule has 4 aromatic rings. The summed E-state index contributed by atoms with van der Waals surface area (Å²) >= 11 is 3.10. The van der Waals surface area contributed by atoms with Crippen LogP contribution in [0, 0.1) is 0 Å². The molecule has 3 N–H and O–H groups in total. The Morgan fingerprint density at radius 3 is 2.95 bits per heavy atom. The zero-order chi connectivity index (χ0) is 13.5. The van der Waals surface area contributed by atoms with Gasteiger partial charge in [0.05, 0.1) is 20.8 Å². The number of nitrogens with two attached hydrogens (primary N) is 1. The molecule has 2 aromatic heterocycles. The Kier molecular flexibility index (Phi) is 2.64. The van der Waals surface area contributed by atoms with Crippen LogP contribution in [0.25, 0.3) is 21.9 Å². The molecule has 0 aliphatic carbocycles. The summed E-state index contributed by atoms with van der Waals surface area (Å²) in [6.07, 6.45) is 0. The van der Waals surface area contributed by atoms with Gasteiger partial charge in [-0.2, -0.15) is 4.37 Å². The van der Waals surface area contributed by atoms with Crippen molar-refractivity contribution in [2.75, 3.05) is 5.73 Å². The lowest BCUT2D eigenvalue weighted by atomic mass is 10.3. The monoisotopic (exact) mass is 298 g/mol. The number of H-pyrrole nitrogens is 1. The van der Waals surface area contributed by atoms with Crippen LogP contribution in [0.1, 0.15) is 0 Å². The van der Waals surface area contributed by atoms with Crippen molar-refractivity contribution in [2.24, 2.45) is 0 Å². The predicted molar refractivity (Wildman–Crippen MR) is 84.2 cm³/mol. The lowest BCUT2D eigenvalue weighted by Crippen LogP contribution is -1.82. The Bertz CT molecular complexity index is 910. The third kappa shape index (κ3) is 1.93. The maximum atomic E-state index is 5.78. The average Bonchev–Trinajstić information content (AvgIpc) is 3.03. The van der Waals surface area contributed by atoms with E-state index in [0.717, 1.165) is 31.6 Å². The number of nitrogen functional groups attached to an aromatic ring is 1. The first-order valence-electron chi connectivity index (χ1n) is 6.07. The minimum atomic E-state index is 0.737. The predicted octanol–water partition coefficient (Wildman–Crippen LogP) is 3.91. The molecule has 0 aliphatic heterocycles. The van der Waals surface area contributed by atoms with Gasteiger partial charge in [0.15, 0.2) is 5.16 Å². The van der Waals surface area contributed by atoms with Crippen LogP contribution >= 0.6 is 23.3 Å². The zero-order valence-corrected chi connectivity index (χ0v) is 12.0. The van der Waals surface area contributed by atoms with E-state index in [4.69, 9.17) is 5.73 Å². The largest absolute Gasteiger partial charge is 0.399 e. The number of hydrogen-bond donors (Lipinski definition) is 2. The van der Waals surface area contributed by atoms with Crippen molar-refractivity contribution < 1.29 is 0 Å². The Morgan fingerprint density at radius 1 is 1.10 bits per heavy atom. The standard InChI is InChI=1S/C14H10N4S2/c15-8-5-6-11-12(7-8)17-14(16-11)19-13-9-3-1-2-4-10(9)18-20-13/h1-7H,15H2,(H,16,17). The molecule has 0 atom stereocenters. The summed E-state index contributed by atoms with van der Waals surface area (Å²) in [5, 5.41) is 2.03. The Balaban J connectivity index is 1.76. The third-order valence-corrected chi connectivity index (χ3v) is 4.96. The van der Waals surface area contributed by atoms with Crippen LogP contribution in [0.5, 0.6) is 0 Å².